The summed E-state index contributed by atoms with van der Waals surface area (Å²) in [6.45, 7) is 8.55. The van der Waals surface area contributed by atoms with E-state index in [-0.39, 0.29) is 11.5 Å². The van der Waals surface area contributed by atoms with Crippen LogP contribution in [0.15, 0.2) is 4.79 Å². The van der Waals surface area contributed by atoms with Crippen molar-refractivity contribution in [2.45, 2.75) is 53.4 Å². The zero-order chi connectivity index (χ0) is 17.0. The van der Waals surface area contributed by atoms with Gasteiger partial charge in [0.1, 0.15) is 0 Å². The number of thiazole rings is 1. The smallest absolute Gasteiger partial charge is 0.276 e. The lowest BCUT2D eigenvalue weighted by Crippen LogP contribution is -2.25. The van der Waals surface area contributed by atoms with Gasteiger partial charge >= 0.3 is 0 Å². The van der Waals surface area contributed by atoms with Gasteiger partial charge in [-0.1, -0.05) is 24.7 Å². The Hall–Kier alpha value is -1.89. The van der Waals surface area contributed by atoms with Crippen LogP contribution in [0.2, 0.25) is 0 Å². The van der Waals surface area contributed by atoms with Crippen LogP contribution in [0.3, 0.4) is 0 Å². The molecule has 1 amide bonds. The third kappa shape index (κ3) is 4.10. The minimum atomic E-state index is -0.113. The van der Waals surface area contributed by atoms with Crippen molar-refractivity contribution in [3.05, 3.63) is 32.2 Å². The highest BCUT2D eigenvalue weighted by Crippen LogP contribution is 2.19. The fraction of sp³-hybridized carbons (Fsp3) is 0.562. The summed E-state index contributed by atoms with van der Waals surface area (Å²) in [7, 11) is 0. The average Bonchev–Trinajstić information content (AvgIpc) is 2.97. The van der Waals surface area contributed by atoms with Crippen molar-refractivity contribution in [3.8, 4) is 5.13 Å². The van der Waals surface area contributed by atoms with Gasteiger partial charge in [0.25, 0.3) is 5.56 Å². The van der Waals surface area contributed by atoms with Gasteiger partial charge in [0.15, 0.2) is 0 Å². The number of hydrogen-bond acceptors (Lipinski definition) is 4. The summed E-state index contributed by atoms with van der Waals surface area (Å²) in [5, 5.41) is 6.59. The summed E-state index contributed by atoms with van der Waals surface area (Å²) < 4.78 is 1.48. The molecule has 2 rings (SSSR count). The second-order valence-electron chi connectivity index (χ2n) is 5.70. The fourth-order valence-corrected chi connectivity index (χ4v) is 3.16. The number of H-pyrrole nitrogens is 1. The van der Waals surface area contributed by atoms with E-state index in [0.717, 1.165) is 29.1 Å². The van der Waals surface area contributed by atoms with Crippen LogP contribution in [0.4, 0.5) is 0 Å². The number of aromatic nitrogens is 3. The first-order chi connectivity index (χ1) is 10.9. The molecule has 0 radical (unpaired) electrons. The monoisotopic (exact) mass is 336 g/mol. The number of aromatic amines is 1. The Labute approximate surface area is 139 Å². The van der Waals surface area contributed by atoms with Gasteiger partial charge in [-0.25, -0.2) is 4.98 Å². The molecule has 0 unspecified atom stereocenters. The molecule has 0 fully saturated rings. The molecule has 0 aromatic carbocycles. The molecule has 0 bridgehead atoms. The molecule has 0 saturated heterocycles. The van der Waals surface area contributed by atoms with E-state index in [4.69, 9.17) is 0 Å². The van der Waals surface area contributed by atoms with Gasteiger partial charge in [0.05, 0.1) is 5.69 Å². The van der Waals surface area contributed by atoms with Crippen LogP contribution in [0.1, 0.15) is 48.0 Å². The molecule has 2 N–H and O–H groups in total. The lowest BCUT2D eigenvalue weighted by molar-refractivity contribution is -0.121. The van der Waals surface area contributed by atoms with Crippen molar-refractivity contribution in [2.75, 3.05) is 6.54 Å². The third-order valence-corrected chi connectivity index (χ3v) is 4.91. The van der Waals surface area contributed by atoms with E-state index < -0.39 is 0 Å². The summed E-state index contributed by atoms with van der Waals surface area (Å²) >= 11 is 1.48. The number of carbonyl (C=O) groups is 1. The summed E-state index contributed by atoms with van der Waals surface area (Å²) in [6, 6.07) is 0. The first-order valence-electron chi connectivity index (χ1n) is 7.95. The predicted octanol–water partition coefficient (Wildman–Crippen LogP) is 2.40. The lowest BCUT2D eigenvalue weighted by atomic mass is 10.1. The first-order valence-corrected chi connectivity index (χ1v) is 8.77. The summed E-state index contributed by atoms with van der Waals surface area (Å²) in [5.74, 6) is -0.00839. The molecule has 2 aromatic rings. The number of nitrogens with one attached hydrogen (secondary N) is 2. The Kier molecular flexibility index (Phi) is 5.76. The number of unbranched alkanes of at least 4 members (excludes halogenated alkanes) is 1. The van der Waals surface area contributed by atoms with Gasteiger partial charge in [0, 0.05) is 29.1 Å². The maximum absolute atomic E-state index is 12.6. The van der Waals surface area contributed by atoms with Crippen molar-refractivity contribution >= 4 is 17.2 Å². The molecule has 0 aliphatic heterocycles. The molecule has 0 aliphatic rings. The van der Waals surface area contributed by atoms with Gasteiger partial charge in [-0.05, 0) is 33.6 Å². The molecule has 7 heteroatoms. The van der Waals surface area contributed by atoms with E-state index >= 15 is 0 Å². The predicted molar refractivity (Wildman–Crippen MR) is 92.5 cm³/mol. The van der Waals surface area contributed by atoms with Crippen LogP contribution in [-0.2, 0) is 11.2 Å². The van der Waals surface area contributed by atoms with E-state index in [1.165, 1.54) is 16.0 Å². The summed E-state index contributed by atoms with van der Waals surface area (Å²) in [5.41, 5.74) is 2.27. The molecular formula is C16H24N4O2S. The van der Waals surface area contributed by atoms with Gasteiger partial charge in [-0.3, -0.25) is 14.7 Å². The summed E-state index contributed by atoms with van der Waals surface area (Å²) in [6.07, 6.45) is 2.79. The molecule has 23 heavy (non-hydrogen) atoms. The highest BCUT2D eigenvalue weighted by atomic mass is 32.1. The number of carbonyl (C=O) groups excluding carboxylic acids is 1. The van der Waals surface area contributed by atoms with Crippen molar-refractivity contribution in [1.29, 1.82) is 0 Å². The van der Waals surface area contributed by atoms with Crippen LogP contribution < -0.4 is 10.9 Å². The molecule has 2 heterocycles. The maximum atomic E-state index is 12.6. The fourth-order valence-electron chi connectivity index (χ4n) is 2.29. The molecule has 0 saturated carbocycles. The van der Waals surface area contributed by atoms with Crippen LogP contribution in [-0.4, -0.2) is 27.2 Å². The van der Waals surface area contributed by atoms with Crippen molar-refractivity contribution in [1.82, 2.24) is 20.1 Å². The SMILES string of the molecule is CCCCNC(=O)CCc1c(C)[nH]n(-c2nc(C)c(C)s2)c1=O. The van der Waals surface area contributed by atoms with E-state index in [2.05, 4.69) is 22.3 Å². The summed E-state index contributed by atoms with van der Waals surface area (Å²) in [4.78, 5) is 29.9. The average molecular weight is 336 g/mol. The standard InChI is InChI=1S/C16H24N4O2S/c1-5-6-9-17-14(21)8-7-13-11(3)19-20(15(13)22)16-18-10(2)12(4)23-16/h19H,5-9H2,1-4H3,(H,17,21). The van der Waals surface area contributed by atoms with E-state index in [1.807, 2.05) is 20.8 Å². The normalized spacial score (nSPS) is 11.0. The van der Waals surface area contributed by atoms with E-state index in [9.17, 15) is 9.59 Å². The highest BCUT2D eigenvalue weighted by Gasteiger charge is 2.16. The molecule has 0 spiro atoms. The Bertz CT molecular complexity index is 722. The number of rotatable bonds is 7. The number of amides is 1. The second kappa shape index (κ2) is 7.59. The Balaban J connectivity index is 2.09. The largest absolute Gasteiger partial charge is 0.356 e. The molecule has 126 valence electrons. The van der Waals surface area contributed by atoms with E-state index in [0.29, 0.717) is 30.1 Å². The first kappa shape index (κ1) is 17.5. The lowest BCUT2D eigenvalue weighted by Gasteiger charge is -2.03. The van der Waals surface area contributed by atoms with Crippen LogP contribution >= 0.6 is 11.3 Å². The number of nitrogens with zero attached hydrogens (tertiary/aromatic N) is 2. The molecule has 0 aliphatic carbocycles. The van der Waals surface area contributed by atoms with Crippen LogP contribution in [0.25, 0.3) is 5.13 Å². The molecule has 6 nitrogen and oxygen atoms in total. The van der Waals surface area contributed by atoms with Crippen LogP contribution in [0.5, 0.6) is 0 Å². The topological polar surface area (TPSA) is 79.8 Å². The zero-order valence-electron chi connectivity index (χ0n) is 14.2. The molecule has 0 atom stereocenters. The van der Waals surface area contributed by atoms with Gasteiger partial charge < -0.3 is 5.32 Å². The molecule has 2 aromatic heterocycles. The maximum Gasteiger partial charge on any atom is 0.276 e. The zero-order valence-corrected chi connectivity index (χ0v) is 15.0. The second-order valence-corrected chi connectivity index (χ2v) is 6.88. The molecular weight excluding hydrogens is 312 g/mol. The van der Waals surface area contributed by atoms with Gasteiger partial charge in [-0.2, -0.15) is 4.68 Å². The number of hydrogen-bond donors (Lipinski definition) is 2. The van der Waals surface area contributed by atoms with Crippen LogP contribution in [0, 0.1) is 20.8 Å². The Morgan fingerprint density at radius 2 is 2.09 bits per heavy atom. The highest BCUT2D eigenvalue weighted by molar-refractivity contribution is 7.14. The van der Waals surface area contributed by atoms with Crippen molar-refractivity contribution < 1.29 is 4.79 Å². The van der Waals surface area contributed by atoms with Gasteiger partial charge in [-0.15, -0.1) is 0 Å². The van der Waals surface area contributed by atoms with Crippen molar-refractivity contribution in [2.24, 2.45) is 0 Å². The van der Waals surface area contributed by atoms with Crippen molar-refractivity contribution in [3.63, 3.8) is 0 Å². The minimum Gasteiger partial charge on any atom is -0.356 e. The quantitative estimate of drug-likeness (QED) is 0.762. The Morgan fingerprint density at radius 1 is 1.35 bits per heavy atom. The Morgan fingerprint density at radius 3 is 2.70 bits per heavy atom. The minimum absolute atomic E-state index is 0.00839. The third-order valence-electron chi connectivity index (χ3n) is 3.86. The van der Waals surface area contributed by atoms with Gasteiger partial charge in [0.2, 0.25) is 11.0 Å². The number of aryl methyl sites for hydroxylation is 3. The van der Waals surface area contributed by atoms with E-state index in [1.54, 1.807) is 0 Å².